The second kappa shape index (κ2) is 5.58. The molecule has 0 aromatic heterocycles. The maximum Gasteiger partial charge on any atom is 0.335 e. The first-order valence-corrected chi connectivity index (χ1v) is 5.93. The van der Waals surface area contributed by atoms with Gasteiger partial charge in [0.05, 0.1) is 16.6 Å². The van der Waals surface area contributed by atoms with E-state index in [9.17, 15) is 19.3 Å². The van der Waals surface area contributed by atoms with Gasteiger partial charge in [0, 0.05) is 17.4 Å². The van der Waals surface area contributed by atoms with Crippen LogP contribution in [-0.4, -0.2) is 16.0 Å². The van der Waals surface area contributed by atoms with E-state index in [1.807, 2.05) is 0 Å². The van der Waals surface area contributed by atoms with Crippen LogP contribution < -0.4 is 5.32 Å². The molecule has 0 aliphatic carbocycles. The largest absolute Gasteiger partial charge is 0.478 e. The van der Waals surface area contributed by atoms with Crippen molar-refractivity contribution in [1.82, 2.24) is 0 Å². The summed E-state index contributed by atoms with van der Waals surface area (Å²) in [6.45, 7) is 1.63. The van der Waals surface area contributed by atoms with Crippen LogP contribution >= 0.6 is 0 Å². The highest BCUT2D eigenvalue weighted by molar-refractivity contribution is 5.90. The van der Waals surface area contributed by atoms with E-state index in [2.05, 4.69) is 5.32 Å². The van der Waals surface area contributed by atoms with E-state index in [0.29, 0.717) is 11.3 Å². The molecule has 2 N–H and O–H groups in total. The minimum atomic E-state index is -1.04. The van der Waals surface area contributed by atoms with Gasteiger partial charge in [-0.2, -0.15) is 0 Å². The standard InChI is InChI=1S/C14H11FN2O4/c1-8-4-10(2-3-13(8)14(18)19)16-11-5-9(15)6-12(7-11)17(20)21/h2-7,16H,1H3,(H,18,19). The second-order valence-corrected chi connectivity index (χ2v) is 4.42. The van der Waals surface area contributed by atoms with Crippen molar-refractivity contribution in [3.63, 3.8) is 0 Å². The number of halogens is 1. The van der Waals surface area contributed by atoms with Crippen LogP contribution in [0.3, 0.4) is 0 Å². The second-order valence-electron chi connectivity index (χ2n) is 4.42. The Kier molecular flexibility index (Phi) is 3.84. The first-order valence-electron chi connectivity index (χ1n) is 5.93. The van der Waals surface area contributed by atoms with Crippen molar-refractivity contribution in [2.45, 2.75) is 6.92 Å². The first-order chi connectivity index (χ1) is 9.86. The van der Waals surface area contributed by atoms with Crippen LogP contribution in [0.15, 0.2) is 36.4 Å². The van der Waals surface area contributed by atoms with Crippen LogP contribution in [0.25, 0.3) is 0 Å². The molecular weight excluding hydrogens is 279 g/mol. The highest BCUT2D eigenvalue weighted by Gasteiger charge is 2.11. The summed E-state index contributed by atoms with van der Waals surface area (Å²) in [5.41, 5.74) is 1.04. The van der Waals surface area contributed by atoms with E-state index < -0.39 is 16.7 Å². The van der Waals surface area contributed by atoms with Crippen molar-refractivity contribution < 1.29 is 19.2 Å². The van der Waals surface area contributed by atoms with Crippen LogP contribution in [-0.2, 0) is 0 Å². The zero-order chi connectivity index (χ0) is 15.6. The molecule has 0 heterocycles. The molecule has 0 radical (unpaired) electrons. The maximum atomic E-state index is 13.3. The van der Waals surface area contributed by atoms with Crippen molar-refractivity contribution in [3.05, 3.63) is 63.5 Å². The summed E-state index contributed by atoms with van der Waals surface area (Å²) in [5, 5.41) is 22.4. The lowest BCUT2D eigenvalue weighted by atomic mass is 10.1. The molecular formula is C14H11FN2O4. The number of hydrogen-bond acceptors (Lipinski definition) is 4. The fourth-order valence-electron chi connectivity index (χ4n) is 1.90. The Morgan fingerprint density at radius 1 is 1.24 bits per heavy atom. The van der Waals surface area contributed by atoms with Crippen molar-refractivity contribution in [1.29, 1.82) is 0 Å². The van der Waals surface area contributed by atoms with E-state index in [1.165, 1.54) is 18.2 Å². The zero-order valence-corrected chi connectivity index (χ0v) is 11.0. The first kappa shape index (κ1) is 14.4. The van der Waals surface area contributed by atoms with E-state index in [0.717, 1.165) is 12.1 Å². The van der Waals surface area contributed by atoms with Gasteiger partial charge in [-0.1, -0.05) is 0 Å². The van der Waals surface area contributed by atoms with Gasteiger partial charge in [-0.3, -0.25) is 10.1 Å². The van der Waals surface area contributed by atoms with Crippen molar-refractivity contribution in [2.75, 3.05) is 5.32 Å². The monoisotopic (exact) mass is 290 g/mol. The third kappa shape index (κ3) is 3.33. The SMILES string of the molecule is Cc1cc(Nc2cc(F)cc([N+](=O)[O-])c2)ccc1C(=O)O. The molecule has 2 rings (SSSR count). The Bertz CT molecular complexity index is 731. The molecule has 0 fully saturated rings. The maximum absolute atomic E-state index is 13.3. The van der Waals surface area contributed by atoms with Gasteiger partial charge in [0.15, 0.2) is 0 Å². The molecule has 108 valence electrons. The van der Waals surface area contributed by atoms with Gasteiger partial charge in [-0.15, -0.1) is 0 Å². The predicted molar refractivity (Wildman–Crippen MR) is 74.5 cm³/mol. The van der Waals surface area contributed by atoms with E-state index in [4.69, 9.17) is 5.11 Å². The normalized spacial score (nSPS) is 10.2. The van der Waals surface area contributed by atoms with Crippen LogP contribution in [0.2, 0.25) is 0 Å². The minimum absolute atomic E-state index is 0.158. The number of non-ortho nitro benzene ring substituents is 1. The summed E-state index contributed by atoms with van der Waals surface area (Å²) in [6.07, 6.45) is 0. The van der Waals surface area contributed by atoms with Gasteiger partial charge in [0.2, 0.25) is 0 Å². The molecule has 0 aliphatic heterocycles. The topological polar surface area (TPSA) is 92.5 Å². The lowest BCUT2D eigenvalue weighted by Gasteiger charge is -2.09. The van der Waals surface area contributed by atoms with Crippen molar-refractivity contribution in [3.8, 4) is 0 Å². The molecule has 6 nitrogen and oxygen atoms in total. The number of nitro benzene ring substituents is 1. The highest BCUT2D eigenvalue weighted by atomic mass is 19.1. The van der Waals surface area contributed by atoms with Gasteiger partial charge in [-0.25, -0.2) is 9.18 Å². The lowest BCUT2D eigenvalue weighted by molar-refractivity contribution is -0.385. The van der Waals surface area contributed by atoms with Crippen molar-refractivity contribution >= 4 is 23.0 Å². The Labute approximate surface area is 119 Å². The predicted octanol–water partition coefficient (Wildman–Crippen LogP) is 3.48. The smallest absolute Gasteiger partial charge is 0.335 e. The van der Waals surface area contributed by atoms with Gasteiger partial charge >= 0.3 is 5.97 Å². The number of aromatic carboxylic acids is 1. The highest BCUT2D eigenvalue weighted by Crippen LogP contribution is 2.24. The molecule has 0 amide bonds. The fourth-order valence-corrected chi connectivity index (χ4v) is 1.90. The summed E-state index contributed by atoms with van der Waals surface area (Å²) in [5.74, 6) is -1.77. The minimum Gasteiger partial charge on any atom is -0.478 e. The average Bonchev–Trinajstić information content (AvgIpc) is 2.37. The lowest BCUT2D eigenvalue weighted by Crippen LogP contribution is -2.01. The number of carboxylic acid groups (broad SMARTS) is 1. The summed E-state index contributed by atoms with van der Waals surface area (Å²) in [7, 11) is 0. The van der Waals surface area contributed by atoms with E-state index in [1.54, 1.807) is 13.0 Å². The molecule has 2 aromatic carbocycles. The molecule has 0 saturated heterocycles. The Morgan fingerprint density at radius 3 is 2.52 bits per heavy atom. The number of benzene rings is 2. The summed E-state index contributed by atoms with van der Waals surface area (Å²) < 4.78 is 13.3. The van der Waals surface area contributed by atoms with Gasteiger partial charge in [0.25, 0.3) is 5.69 Å². The van der Waals surface area contributed by atoms with Crippen LogP contribution in [0.1, 0.15) is 15.9 Å². The summed E-state index contributed by atoms with van der Waals surface area (Å²) in [6, 6.07) is 7.63. The molecule has 0 saturated carbocycles. The number of nitrogens with zero attached hydrogens (tertiary/aromatic N) is 1. The molecule has 2 aromatic rings. The molecule has 0 unspecified atom stereocenters. The van der Waals surface area contributed by atoms with E-state index >= 15 is 0 Å². The number of aryl methyl sites for hydroxylation is 1. The Morgan fingerprint density at radius 2 is 1.95 bits per heavy atom. The summed E-state index contributed by atoms with van der Waals surface area (Å²) in [4.78, 5) is 20.9. The Hall–Kier alpha value is -2.96. The molecule has 0 atom stereocenters. The third-order valence-electron chi connectivity index (χ3n) is 2.84. The number of nitro groups is 1. The number of nitrogens with one attached hydrogen (secondary N) is 1. The quantitative estimate of drug-likeness (QED) is 0.664. The van der Waals surface area contributed by atoms with Gasteiger partial charge < -0.3 is 10.4 Å². The number of anilines is 2. The number of carbonyl (C=O) groups is 1. The zero-order valence-electron chi connectivity index (χ0n) is 11.0. The van der Waals surface area contributed by atoms with Gasteiger partial charge in [-0.05, 0) is 36.8 Å². The summed E-state index contributed by atoms with van der Waals surface area (Å²) >= 11 is 0. The molecule has 7 heteroatoms. The van der Waals surface area contributed by atoms with Crippen molar-refractivity contribution in [2.24, 2.45) is 0 Å². The molecule has 0 aliphatic rings. The number of carboxylic acids is 1. The van der Waals surface area contributed by atoms with Gasteiger partial charge in [0.1, 0.15) is 5.82 Å². The van der Waals surface area contributed by atoms with E-state index in [-0.39, 0.29) is 16.9 Å². The van der Waals surface area contributed by atoms with Crippen LogP contribution in [0.4, 0.5) is 21.5 Å². The Balaban J connectivity index is 2.32. The third-order valence-corrected chi connectivity index (χ3v) is 2.84. The molecule has 0 bridgehead atoms. The molecule has 21 heavy (non-hydrogen) atoms. The van der Waals surface area contributed by atoms with Crippen LogP contribution in [0.5, 0.6) is 0 Å². The fraction of sp³-hybridized carbons (Fsp3) is 0.0714. The molecule has 0 spiro atoms. The number of hydrogen-bond donors (Lipinski definition) is 2. The average molecular weight is 290 g/mol. The number of rotatable bonds is 4. The van der Waals surface area contributed by atoms with Crippen LogP contribution in [0, 0.1) is 22.9 Å².